The fourth-order valence-electron chi connectivity index (χ4n) is 1.10. The zero-order valence-corrected chi connectivity index (χ0v) is 8.57. The number of ether oxygens (including phenoxy) is 1. The van der Waals surface area contributed by atoms with Gasteiger partial charge in [0.25, 0.3) is 0 Å². The van der Waals surface area contributed by atoms with E-state index in [2.05, 4.69) is 15.0 Å². The Kier molecular flexibility index (Phi) is 3.45. The van der Waals surface area contributed by atoms with Crippen LogP contribution in [0.15, 0.2) is 18.5 Å². The van der Waals surface area contributed by atoms with E-state index in [4.69, 9.17) is 0 Å². The fraction of sp³-hybridized carbons (Fsp3) is 0.400. The zero-order valence-electron chi connectivity index (χ0n) is 8.57. The second kappa shape index (κ2) is 4.60. The van der Waals surface area contributed by atoms with Crippen LogP contribution in [-0.4, -0.2) is 24.1 Å². The number of hydrogen-bond acceptors (Lipinski definition) is 4. The van der Waals surface area contributed by atoms with E-state index in [-0.39, 0.29) is 12.0 Å². The molecule has 1 atom stereocenters. The maximum atomic E-state index is 11.1. The van der Waals surface area contributed by atoms with Crippen LogP contribution in [-0.2, 0) is 9.53 Å². The molecule has 0 amide bonds. The van der Waals surface area contributed by atoms with Gasteiger partial charge in [0, 0.05) is 18.1 Å². The number of pyridine rings is 1. The normalized spacial score (nSPS) is 11.9. The Morgan fingerprint density at radius 1 is 1.64 bits per heavy atom. The molecule has 1 aromatic rings. The highest BCUT2D eigenvalue weighted by Crippen LogP contribution is 2.12. The third-order valence-electron chi connectivity index (χ3n) is 1.95. The van der Waals surface area contributed by atoms with Crippen LogP contribution in [0.25, 0.3) is 0 Å². The van der Waals surface area contributed by atoms with Crippen molar-refractivity contribution in [1.82, 2.24) is 4.98 Å². The Bertz CT molecular complexity index is 326. The second-order valence-corrected chi connectivity index (χ2v) is 3.08. The second-order valence-electron chi connectivity index (χ2n) is 3.08. The smallest absolute Gasteiger partial charge is 0.327 e. The molecule has 76 valence electrons. The molecule has 0 saturated heterocycles. The summed E-state index contributed by atoms with van der Waals surface area (Å²) < 4.78 is 4.61. The predicted molar refractivity (Wildman–Crippen MR) is 54.1 cm³/mol. The fourth-order valence-corrected chi connectivity index (χ4v) is 1.10. The standard InChI is InChI=1S/C10H14N2O2/c1-7-6-11-5-4-9(7)12-8(2)10(13)14-3/h4-6,8H,1-3H3,(H,11,12). The number of hydrogen-bond donors (Lipinski definition) is 1. The molecule has 1 unspecified atom stereocenters. The maximum Gasteiger partial charge on any atom is 0.327 e. The van der Waals surface area contributed by atoms with Gasteiger partial charge in [-0.15, -0.1) is 0 Å². The Balaban J connectivity index is 2.69. The molecule has 4 nitrogen and oxygen atoms in total. The minimum Gasteiger partial charge on any atom is -0.467 e. The lowest BCUT2D eigenvalue weighted by Crippen LogP contribution is -2.27. The summed E-state index contributed by atoms with van der Waals surface area (Å²) in [6.45, 7) is 3.69. The Labute approximate surface area is 83.3 Å². The topological polar surface area (TPSA) is 51.2 Å². The number of esters is 1. The van der Waals surface area contributed by atoms with E-state index < -0.39 is 0 Å². The zero-order chi connectivity index (χ0) is 10.6. The van der Waals surface area contributed by atoms with Crippen molar-refractivity contribution in [2.45, 2.75) is 19.9 Å². The lowest BCUT2D eigenvalue weighted by Gasteiger charge is -2.14. The van der Waals surface area contributed by atoms with E-state index in [1.807, 2.05) is 13.0 Å². The summed E-state index contributed by atoms with van der Waals surface area (Å²) in [5.74, 6) is -0.277. The lowest BCUT2D eigenvalue weighted by atomic mass is 10.2. The first-order valence-corrected chi connectivity index (χ1v) is 4.40. The van der Waals surface area contributed by atoms with Crippen LogP contribution in [0.4, 0.5) is 5.69 Å². The number of aromatic nitrogens is 1. The van der Waals surface area contributed by atoms with E-state index in [1.54, 1.807) is 19.3 Å². The highest BCUT2D eigenvalue weighted by molar-refractivity contribution is 5.78. The van der Waals surface area contributed by atoms with Crippen molar-refractivity contribution in [3.63, 3.8) is 0 Å². The molecule has 0 aliphatic rings. The molecule has 0 spiro atoms. The SMILES string of the molecule is COC(=O)C(C)Nc1ccncc1C. The number of aryl methyl sites for hydroxylation is 1. The number of nitrogens with one attached hydrogen (secondary N) is 1. The van der Waals surface area contributed by atoms with Gasteiger partial charge in [0.2, 0.25) is 0 Å². The molecule has 1 heterocycles. The molecule has 0 fully saturated rings. The van der Waals surface area contributed by atoms with Crippen molar-refractivity contribution in [2.75, 3.05) is 12.4 Å². The molecule has 0 aliphatic carbocycles. The van der Waals surface area contributed by atoms with Crippen LogP contribution in [0, 0.1) is 6.92 Å². The summed E-state index contributed by atoms with van der Waals surface area (Å²) in [4.78, 5) is 15.1. The molecule has 0 bridgehead atoms. The molecular weight excluding hydrogens is 180 g/mol. The van der Waals surface area contributed by atoms with Crippen LogP contribution >= 0.6 is 0 Å². The largest absolute Gasteiger partial charge is 0.467 e. The van der Waals surface area contributed by atoms with Gasteiger partial charge < -0.3 is 10.1 Å². The van der Waals surface area contributed by atoms with Crippen molar-refractivity contribution in [3.8, 4) is 0 Å². The highest BCUT2D eigenvalue weighted by Gasteiger charge is 2.12. The summed E-state index contributed by atoms with van der Waals surface area (Å²) in [5, 5.41) is 3.05. The summed E-state index contributed by atoms with van der Waals surface area (Å²) in [7, 11) is 1.37. The third kappa shape index (κ3) is 2.45. The Morgan fingerprint density at radius 2 is 2.36 bits per heavy atom. The van der Waals surface area contributed by atoms with Gasteiger partial charge >= 0.3 is 5.97 Å². The third-order valence-corrected chi connectivity index (χ3v) is 1.95. The number of anilines is 1. The van der Waals surface area contributed by atoms with Crippen molar-refractivity contribution in [2.24, 2.45) is 0 Å². The maximum absolute atomic E-state index is 11.1. The van der Waals surface area contributed by atoms with Gasteiger partial charge in [-0.05, 0) is 25.5 Å². The van der Waals surface area contributed by atoms with Crippen molar-refractivity contribution in [1.29, 1.82) is 0 Å². The molecule has 14 heavy (non-hydrogen) atoms. The van der Waals surface area contributed by atoms with Gasteiger partial charge in [-0.1, -0.05) is 0 Å². The number of nitrogens with zero attached hydrogens (tertiary/aromatic N) is 1. The summed E-state index contributed by atoms with van der Waals surface area (Å²) in [5.41, 5.74) is 1.90. The molecule has 1 rings (SSSR count). The van der Waals surface area contributed by atoms with Crippen molar-refractivity contribution in [3.05, 3.63) is 24.0 Å². The van der Waals surface area contributed by atoms with Gasteiger partial charge in [-0.3, -0.25) is 4.98 Å². The van der Waals surface area contributed by atoms with Crippen LogP contribution < -0.4 is 5.32 Å². The highest BCUT2D eigenvalue weighted by atomic mass is 16.5. The van der Waals surface area contributed by atoms with Gasteiger partial charge in [0.1, 0.15) is 6.04 Å². The minimum atomic E-state index is -0.346. The van der Waals surface area contributed by atoms with Gasteiger partial charge in [-0.25, -0.2) is 4.79 Å². The van der Waals surface area contributed by atoms with Crippen LogP contribution in [0.5, 0.6) is 0 Å². The summed E-state index contributed by atoms with van der Waals surface area (Å²) in [6.07, 6.45) is 3.42. The first-order valence-electron chi connectivity index (χ1n) is 4.40. The molecule has 0 aliphatic heterocycles. The molecule has 1 aromatic heterocycles. The molecule has 4 heteroatoms. The number of carbonyl (C=O) groups excluding carboxylic acids is 1. The molecular formula is C10H14N2O2. The minimum absolute atomic E-state index is 0.277. The van der Waals surface area contributed by atoms with E-state index >= 15 is 0 Å². The van der Waals surface area contributed by atoms with Gasteiger partial charge in [-0.2, -0.15) is 0 Å². The Hall–Kier alpha value is -1.58. The number of rotatable bonds is 3. The van der Waals surface area contributed by atoms with Crippen LogP contribution in [0.3, 0.4) is 0 Å². The lowest BCUT2D eigenvalue weighted by molar-refractivity contribution is -0.141. The van der Waals surface area contributed by atoms with Crippen LogP contribution in [0.1, 0.15) is 12.5 Å². The van der Waals surface area contributed by atoms with E-state index in [0.29, 0.717) is 0 Å². The van der Waals surface area contributed by atoms with Crippen LogP contribution in [0.2, 0.25) is 0 Å². The van der Waals surface area contributed by atoms with E-state index in [1.165, 1.54) is 7.11 Å². The molecule has 1 N–H and O–H groups in total. The predicted octanol–water partition coefficient (Wildman–Crippen LogP) is 1.36. The quantitative estimate of drug-likeness (QED) is 0.738. The van der Waals surface area contributed by atoms with E-state index in [0.717, 1.165) is 11.3 Å². The summed E-state index contributed by atoms with van der Waals surface area (Å²) in [6, 6.07) is 1.48. The van der Waals surface area contributed by atoms with Crippen molar-refractivity contribution < 1.29 is 9.53 Å². The number of methoxy groups -OCH3 is 1. The van der Waals surface area contributed by atoms with E-state index in [9.17, 15) is 4.79 Å². The molecule has 0 saturated carbocycles. The van der Waals surface area contributed by atoms with Crippen molar-refractivity contribution >= 4 is 11.7 Å². The molecule has 0 aromatic carbocycles. The monoisotopic (exact) mass is 194 g/mol. The number of carbonyl (C=O) groups is 1. The summed E-state index contributed by atoms with van der Waals surface area (Å²) >= 11 is 0. The molecule has 0 radical (unpaired) electrons. The van der Waals surface area contributed by atoms with Gasteiger partial charge in [0.15, 0.2) is 0 Å². The first kappa shape index (κ1) is 10.5. The average Bonchev–Trinajstić information content (AvgIpc) is 2.20. The first-order chi connectivity index (χ1) is 6.65. The van der Waals surface area contributed by atoms with Gasteiger partial charge in [0.05, 0.1) is 7.11 Å². The Morgan fingerprint density at radius 3 is 2.93 bits per heavy atom. The average molecular weight is 194 g/mol.